The molecule has 0 bridgehead atoms. The van der Waals surface area contributed by atoms with Crippen molar-refractivity contribution in [3.63, 3.8) is 0 Å². The molecule has 1 aliphatic heterocycles. The molecule has 0 aliphatic carbocycles. The highest BCUT2D eigenvalue weighted by Gasteiger charge is 2.40. The fourth-order valence-corrected chi connectivity index (χ4v) is 2.41. The van der Waals surface area contributed by atoms with Crippen LogP contribution in [-0.4, -0.2) is 53.9 Å². The van der Waals surface area contributed by atoms with Gasteiger partial charge in [0.2, 0.25) is 11.8 Å². The van der Waals surface area contributed by atoms with Crippen molar-refractivity contribution in [2.45, 2.75) is 19.4 Å². The number of likely N-dealkylation sites (N-methyl/N-ethyl adjacent to an activating group) is 1. The number of pyridine rings is 1. The van der Waals surface area contributed by atoms with E-state index in [9.17, 15) is 9.59 Å². The molecule has 2 rings (SSSR count). The number of piperazine rings is 1. The SMILES string of the molecule is CN(CC(=O)N1CCNC(=O)C1(C)C)c1ccc(Cl)cn1. The van der Waals surface area contributed by atoms with Gasteiger partial charge in [-0.15, -0.1) is 0 Å². The van der Waals surface area contributed by atoms with Crippen molar-refractivity contribution in [1.82, 2.24) is 15.2 Å². The standard InChI is InChI=1S/C14H19ClN4O2/c1-14(2)13(21)16-6-7-19(14)12(20)9-18(3)11-5-4-10(15)8-17-11/h4-5,8H,6-7,9H2,1-3H3,(H,16,21). The van der Waals surface area contributed by atoms with E-state index in [0.29, 0.717) is 23.9 Å². The lowest BCUT2D eigenvalue weighted by molar-refractivity contribution is -0.148. The molecule has 2 heterocycles. The highest BCUT2D eigenvalue weighted by atomic mass is 35.5. The molecule has 0 radical (unpaired) electrons. The zero-order valence-electron chi connectivity index (χ0n) is 12.4. The van der Waals surface area contributed by atoms with Crippen LogP contribution in [0.2, 0.25) is 5.02 Å². The first-order chi connectivity index (χ1) is 9.82. The highest BCUT2D eigenvalue weighted by Crippen LogP contribution is 2.19. The molecule has 0 spiro atoms. The van der Waals surface area contributed by atoms with Crippen molar-refractivity contribution < 1.29 is 9.59 Å². The molecular weight excluding hydrogens is 292 g/mol. The zero-order chi connectivity index (χ0) is 15.6. The molecule has 6 nitrogen and oxygen atoms in total. The van der Waals surface area contributed by atoms with Gasteiger partial charge in [0.05, 0.1) is 11.6 Å². The minimum absolute atomic E-state index is 0.103. The topological polar surface area (TPSA) is 65.5 Å². The van der Waals surface area contributed by atoms with Crippen LogP contribution in [0.5, 0.6) is 0 Å². The molecule has 1 fully saturated rings. The van der Waals surface area contributed by atoms with Gasteiger partial charge in [-0.2, -0.15) is 0 Å². The molecule has 2 amide bonds. The monoisotopic (exact) mass is 310 g/mol. The molecule has 1 aromatic heterocycles. The van der Waals surface area contributed by atoms with Crippen molar-refractivity contribution >= 4 is 29.2 Å². The van der Waals surface area contributed by atoms with Gasteiger partial charge in [0.15, 0.2) is 0 Å². The lowest BCUT2D eigenvalue weighted by Crippen LogP contribution is -2.64. The Hall–Kier alpha value is -1.82. The van der Waals surface area contributed by atoms with Gasteiger partial charge in [0, 0.05) is 26.3 Å². The highest BCUT2D eigenvalue weighted by molar-refractivity contribution is 6.30. The van der Waals surface area contributed by atoms with E-state index in [1.807, 2.05) is 0 Å². The Morgan fingerprint density at radius 3 is 2.86 bits per heavy atom. The third kappa shape index (κ3) is 3.26. The Balaban J connectivity index is 2.06. The lowest BCUT2D eigenvalue weighted by atomic mass is 9.99. The summed E-state index contributed by atoms with van der Waals surface area (Å²) in [5.74, 6) is 0.426. The smallest absolute Gasteiger partial charge is 0.245 e. The van der Waals surface area contributed by atoms with Gasteiger partial charge >= 0.3 is 0 Å². The van der Waals surface area contributed by atoms with Crippen LogP contribution in [0.1, 0.15) is 13.8 Å². The number of anilines is 1. The van der Waals surface area contributed by atoms with Crippen LogP contribution < -0.4 is 10.2 Å². The molecule has 0 saturated carbocycles. The lowest BCUT2D eigenvalue weighted by Gasteiger charge is -2.41. The normalized spacial score (nSPS) is 17.3. The minimum atomic E-state index is -0.830. The summed E-state index contributed by atoms with van der Waals surface area (Å²) in [6.45, 7) is 4.65. The Labute approximate surface area is 129 Å². The number of amides is 2. The van der Waals surface area contributed by atoms with Gasteiger partial charge in [-0.25, -0.2) is 4.98 Å². The number of aromatic nitrogens is 1. The van der Waals surface area contributed by atoms with Gasteiger partial charge in [-0.3, -0.25) is 9.59 Å². The second-order valence-corrected chi connectivity index (χ2v) is 5.99. The van der Waals surface area contributed by atoms with Crippen LogP contribution in [0, 0.1) is 0 Å². The first kappa shape index (κ1) is 15.6. The molecule has 1 aliphatic rings. The maximum absolute atomic E-state index is 12.5. The molecular formula is C14H19ClN4O2. The third-order valence-corrected chi connectivity index (χ3v) is 3.85. The van der Waals surface area contributed by atoms with E-state index in [-0.39, 0.29) is 18.4 Å². The Morgan fingerprint density at radius 1 is 1.52 bits per heavy atom. The number of halogens is 1. The van der Waals surface area contributed by atoms with Gasteiger partial charge in [-0.05, 0) is 26.0 Å². The summed E-state index contributed by atoms with van der Waals surface area (Å²) < 4.78 is 0. The predicted molar refractivity (Wildman–Crippen MR) is 81.3 cm³/mol. The second kappa shape index (κ2) is 5.89. The van der Waals surface area contributed by atoms with Crippen LogP contribution in [0.25, 0.3) is 0 Å². The molecule has 0 atom stereocenters. The van der Waals surface area contributed by atoms with E-state index < -0.39 is 5.54 Å². The summed E-state index contributed by atoms with van der Waals surface area (Å²) in [5.41, 5.74) is -0.830. The summed E-state index contributed by atoms with van der Waals surface area (Å²) in [7, 11) is 1.78. The summed E-state index contributed by atoms with van der Waals surface area (Å²) in [4.78, 5) is 31.9. The maximum Gasteiger partial charge on any atom is 0.245 e. The second-order valence-electron chi connectivity index (χ2n) is 5.55. The number of hydrogen-bond acceptors (Lipinski definition) is 4. The summed E-state index contributed by atoms with van der Waals surface area (Å²) in [6.07, 6.45) is 1.54. The average molecular weight is 311 g/mol. The van der Waals surface area contributed by atoms with Gasteiger partial charge in [0.25, 0.3) is 0 Å². The fraction of sp³-hybridized carbons (Fsp3) is 0.500. The van der Waals surface area contributed by atoms with E-state index >= 15 is 0 Å². The first-order valence-electron chi connectivity index (χ1n) is 6.74. The molecule has 1 N–H and O–H groups in total. The Morgan fingerprint density at radius 2 is 2.24 bits per heavy atom. The van der Waals surface area contributed by atoms with Crippen LogP contribution in [0.3, 0.4) is 0 Å². The molecule has 1 saturated heterocycles. The zero-order valence-corrected chi connectivity index (χ0v) is 13.1. The quantitative estimate of drug-likeness (QED) is 0.901. The number of nitrogens with zero attached hydrogens (tertiary/aromatic N) is 3. The van der Waals surface area contributed by atoms with Gasteiger partial charge < -0.3 is 15.1 Å². The van der Waals surface area contributed by atoms with Crippen molar-refractivity contribution in [3.05, 3.63) is 23.4 Å². The Bertz CT molecular complexity index is 544. The van der Waals surface area contributed by atoms with Crippen LogP contribution in [-0.2, 0) is 9.59 Å². The van der Waals surface area contributed by atoms with E-state index in [4.69, 9.17) is 11.6 Å². The molecule has 0 aromatic carbocycles. The van der Waals surface area contributed by atoms with Crippen LogP contribution >= 0.6 is 11.6 Å². The molecule has 7 heteroatoms. The van der Waals surface area contributed by atoms with E-state index in [2.05, 4.69) is 10.3 Å². The van der Waals surface area contributed by atoms with Crippen molar-refractivity contribution in [2.75, 3.05) is 31.6 Å². The number of nitrogens with one attached hydrogen (secondary N) is 1. The molecule has 21 heavy (non-hydrogen) atoms. The minimum Gasteiger partial charge on any atom is -0.352 e. The summed E-state index contributed by atoms with van der Waals surface area (Å²) in [5, 5.41) is 3.32. The van der Waals surface area contributed by atoms with E-state index in [1.165, 1.54) is 6.20 Å². The third-order valence-electron chi connectivity index (χ3n) is 3.63. The van der Waals surface area contributed by atoms with Gasteiger partial charge in [0.1, 0.15) is 11.4 Å². The van der Waals surface area contributed by atoms with Crippen molar-refractivity contribution in [2.24, 2.45) is 0 Å². The van der Waals surface area contributed by atoms with E-state index in [0.717, 1.165) is 0 Å². The van der Waals surface area contributed by atoms with E-state index in [1.54, 1.807) is 42.8 Å². The first-order valence-corrected chi connectivity index (χ1v) is 7.11. The van der Waals surface area contributed by atoms with Crippen LogP contribution in [0.4, 0.5) is 5.82 Å². The number of carbonyl (C=O) groups is 2. The average Bonchev–Trinajstić information content (AvgIpc) is 2.42. The predicted octanol–water partition coefficient (Wildman–Crippen LogP) is 0.908. The fourth-order valence-electron chi connectivity index (χ4n) is 2.30. The van der Waals surface area contributed by atoms with Crippen LogP contribution in [0.15, 0.2) is 18.3 Å². The molecule has 1 aromatic rings. The number of carbonyl (C=O) groups excluding carboxylic acids is 2. The Kier molecular flexibility index (Phi) is 4.37. The van der Waals surface area contributed by atoms with Crippen molar-refractivity contribution in [3.8, 4) is 0 Å². The van der Waals surface area contributed by atoms with Crippen molar-refractivity contribution in [1.29, 1.82) is 0 Å². The summed E-state index contributed by atoms with van der Waals surface area (Å²) >= 11 is 5.80. The number of rotatable bonds is 3. The molecule has 114 valence electrons. The summed E-state index contributed by atoms with van der Waals surface area (Å²) in [6, 6.07) is 3.48. The number of hydrogen-bond donors (Lipinski definition) is 1. The maximum atomic E-state index is 12.5. The largest absolute Gasteiger partial charge is 0.352 e. The molecule has 0 unspecified atom stereocenters. The van der Waals surface area contributed by atoms with Gasteiger partial charge in [-0.1, -0.05) is 11.6 Å².